The molecule has 0 aliphatic carbocycles. The van der Waals surface area contributed by atoms with Gasteiger partial charge in [-0.2, -0.15) is 0 Å². The molecule has 1 aromatic carbocycles. The molecule has 0 unspecified atom stereocenters. The fraction of sp³-hybridized carbons (Fsp3) is 0.0667. The highest BCUT2D eigenvalue weighted by Gasteiger charge is 2.03. The largest absolute Gasteiger partial charge is 0.396 e. The van der Waals surface area contributed by atoms with Crippen LogP contribution in [0.15, 0.2) is 42.7 Å². The van der Waals surface area contributed by atoms with Crippen LogP contribution < -0.4 is 5.73 Å². The van der Waals surface area contributed by atoms with Crippen LogP contribution in [0.25, 0.3) is 0 Å². The number of anilines is 1. The summed E-state index contributed by atoms with van der Waals surface area (Å²) in [5.41, 5.74) is 8.33. The van der Waals surface area contributed by atoms with Gasteiger partial charge in [0.15, 0.2) is 5.78 Å². The van der Waals surface area contributed by atoms with Crippen LogP contribution in [-0.4, -0.2) is 10.8 Å². The SMILES string of the molecule is CC(=O)c1ccccc1C#Cc1ccncc1N. The Morgan fingerprint density at radius 1 is 1.17 bits per heavy atom. The van der Waals surface area contributed by atoms with E-state index in [1.807, 2.05) is 18.2 Å². The van der Waals surface area contributed by atoms with Gasteiger partial charge in [-0.1, -0.05) is 30.0 Å². The van der Waals surface area contributed by atoms with Gasteiger partial charge in [-0.15, -0.1) is 0 Å². The van der Waals surface area contributed by atoms with Gasteiger partial charge >= 0.3 is 0 Å². The highest BCUT2D eigenvalue weighted by atomic mass is 16.1. The fourth-order valence-corrected chi connectivity index (χ4v) is 1.55. The molecule has 3 heteroatoms. The topological polar surface area (TPSA) is 56.0 Å². The summed E-state index contributed by atoms with van der Waals surface area (Å²) in [6.07, 6.45) is 3.19. The predicted octanol–water partition coefficient (Wildman–Crippen LogP) is 2.27. The first-order chi connectivity index (χ1) is 8.68. The first-order valence-corrected chi connectivity index (χ1v) is 5.50. The fourth-order valence-electron chi connectivity index (χ4n) is 1.55. The number of carbonyl (C=O) groups is 1. The normalized spacial score (nSPS) is 9.39. The average molecular weight is 236 g/mol. The summed E-state index contributed by atoms with van der Waals surface area (Å²) >= 11 is 0. The molecule has 2 aromatic rings. The number of ketones is 1. The second-order valence-electron chi connectivity index (χ2n) is 3.81. The molecular weight excluding hydrogens is 224 g/mol. The van der Waals surface area contributed by atoms with Crippen molar-refractivity contribution in [3.05, 3.63) is 59.4 Å². The lowest BCUT2D eigenvalue weighted by Crippen LogP contribution is -1.96. The molecule has 18 heavy (non-hydrogen) atoms. The molecule has 0 spiro atoms. The highest BCUT2D eigenvalue weighted by Crippen LogP contribution is 2.10. The third kappa shape index (κ3) is 2.55. The van der Waals surface area contributed by atoms with Gasteiger partial charge in [-0.3, -0.25) is 9.78 Å². The number of pyridine rings is 1. The van der Waals surface area contributed by atoms with Crippen molar-refractivity contribution < 1.29 is 4.79 Å². The van der Waals surface area contributed by atoms with Crippen LogP contribution in [0.5, 0.6) is 0 Å². The summed E-state index contributed by atoms with van der Waals surface area (Å²) in [6, 6.07) is 9.01. The Balaban J connectivity index is 2.42. The summed E-state index contributed by atoms with van der Waals surface area (Å²) in [6.45, 7) is 1.53. The zero-order valence-corrected chi connectivity index (χ0v) is 9.97. The Morgan fingerprint density at radius 2 is 1.89 bits per heavy atom. The van der Waals surface area contributed by atoms with Crippen LogP contribution >= 0.6 is 0 Å². The van der Waals surface area contributed by atoms with Crippen molar-refractivity contribution in [2.45, 2.75) is 6.92 Å². The zero-order chi connectivity index (χ0) is 13.0. The van der Waals surface area contributed by atoms with Crippen LogP contribution in [-0.2, 0) is 0 Å². The summed E-state index contributed by atoms with van der Waals surface area (Å²) in [4.78, 5) is 15.3. The number of hydrogen-bond acceptors (Lipinski definition) is 3. The van der Waals surface area contributed by atoms with E-state index in [2.05, 4.69) is 16.8 Å². The summed E-state index contributed by atoms with van der Waals surface area (Å²) in [7, 11) is 0. The molecule has 0 saturated heterocycles. The maximum absolute atomic E-state index is 11.4. The van der Waals surface area contributed by atoms with E-state index in [1.165, 1.54) is 6.92 Å². The van der Waals surface area contributed by atoms with Gasteiger partial charge < -0.3 is 5.73 Å². The third-order valence-electron chi connectivity index (χ3n) is 2.49. The Hall–Kier alpha value is -2.60. The molecule has 0 atom stereocenters. The van der Waals surface area contributed by atoms with Crippen molar-refractivity contribution in [1.82, 2.24) is 4.98 Å². The molecule has 3 nitrogen and oxygen atoms in total. The van der Waals surface area contributed by atoms with Crippen molar-refractivity contribution in [2.75, 3.05) is 5.73 Å². The van der Waals surface area contributed by atoms with Crippen molar-refractivity contribution in [2.24, 2.45) is 0 Å². The molecule has 1 heterocycles. The van der Waals surface area contributed by atoms with E-state index in [0.29, 0.717) is 22.4 Å². The van der Waals surface area contributed by atoms with Gasteiger partial charge in [-0.25, -0.2) is 0 Å². The number of nitrogens with zero attached hydrogens (tertiary/aromatic N) is 1. The first kappa shape index (κ1) is 11.9. The lowest BCUT2D eigenvalue weighted by atomic mass is 10.0. The number of benzene rings is 1. The number of aromatic nitrogens is 1. The van der Waals surface area contributed by atoms with Gasteiger partial charge in [-0.05, 0) is 19.1 Å². The maximum atomic E-state index is 11.4. The summed E-state index contributed by atoms with van der Waals surface area (Å²) < 4.78 is 0. The Kier molecular flexibility index (Phi) is 3.40. The smallest absolute Gasteiger partial charge is 0.161 e. The van der Waals surface area contributed by atoms with E-state index >= 15 is 0 Å². The second kappa shape index (κ2) is 5.15. The minimum atomic E-state index is 0.00241. The number of nitrogens with two attached hydrogens (primary N) is 1. The van der Waals surface area contributed by atoms with E-state index in [1.54, 1.807) is 24.5 Å². The van der Waals surface area contributed by atoms with Gasteiger partial charge in [0.05, 0.1) is 17.4 Å². The Labute approximate surface area is 106 Å². The third-order valence-corrected chi connectivity index (χ3v) is 2.49. The molecule has 0 amide bonds. The number of hydrogen-bond donors (Lipinski definition) is 1. The minimum absolute atomic E-state index is 0.00241. The van der Waals surface area contributed by atoms with Crippen molar-refractivity contribution in [3.8, 4) is 11.8 Å². The van der Waals surface area contributed by atoms with Crippen LogP contribution in [0.4, 0.5) is 5.69 Å². The molecule has 0 aliphatic heterocycles. The standard InChI is InChI=1S/C15H12N2O/c1-11(18)14-5-3-2-4-12(14)6-7-13-8-9-17-10-15(13)16/h2-5,8-10H,16H2,1H3. The van der Waals surface area contributed by atoms with Gasteiger partial charge in [0.2, 0.25) is 0 Å². The Bertz CT molecular complexity index is 651. The van der Waals surface area contributed by atoms with Crippen LogP contribution in [0, 0.1) is 11.8 Å². The molecule has 0 radical (unpaired) electrons. The lowest BCUT2D eigenvalue weighted by molar-refractivity contribution is 0.101. The van der Waals surface area contributed by atoms with Gasteiger partial charge in [0, 0.05) is 17.3 Å². The maximum Gasteiger partial charge on any atom is 0.161 e. The quantitative estimate of drug-likeness (QED) is 0.610. The first-order valence-electron chi connectivity index (χ1n) is 5.50. The summed E-state index contributed by atoms with van der Waals surface area (Å²) in [5.74, 6) is 5.93. The van der Waals surface area contributed by atoms with Crippen molar-refractivity contribution >= 4 is 11.5 Å². The minimum Gasteiger partial charge on any atom is -0.396 e. The van der Waals surface area contributed by atoms with Crippen LogP contribution in [0.1, 0.15) is 28.4 Å². The molecule has 88 valence electrons. The van der Waals surface area contributed by atoms with Crippen molar-refractivity contribution in [1.29, 1.82) is 0 Å². The highest BCUT2D eigenvalue weighted by molar-refractivity contribution is 5.96. The molecule has 0 aliphatic rings. The van der Waals surface area contributed by atoms with Crippen LogP contribution in [0.3, 0.4) is 0 Å². The van der Waals surface area contributed by atoms with E-state index < -0.39 is 0 Å². The second-order valence-corrected chi connectivity index (χ2v) is 3.81. The number of rotatable bonds is 1. The molecule has 0 fully saturated rings. The van der Waals surface area contributed by atoms with Crippen LogP contribution in [0.2, 0.25) is 0 Å². The van der Waals surface area contributed by atoms with E-state index in [4.69, 9.17) is 5.73 Å². The monoisotopic (exact) mass is 236 g/mol. The average Bonchev–Trinajstić information content (AvgIpc) is 2.38. The van der Waals surface area contributed by atoms with Crippen molar-refractivity contribution in [3.63, 3.8) is 0 Å². The van der Waals surface area contributed by atoms with E-state index in [9.17, 15) is 4.79 Å². The molecule has 1 aromatic heterocycles. The van der Waals surface area contributed by atoms with E-state index in [-0.39, 0.29) is 5.78 Å². The van der Waals surface area contributed by atoms with E-state index in [0.717, 1.165) is 0 Å². The molecule has 2 N–H and O–H groups in total. The molecule has 2 rings (SSSR count). The molecular formula is C15H12N2O. The molecule has 0 bridgehead atoms. The summed E-state index contributed by atoms with van der Waals surface area (Å²) in [5, 5.41) is 0. The Morgan fingerprint density at radius 3 is 2.61 bits per heavy atom. The predicted molar refractivity (Wildman–Crippen MR) is 71.1 cm³/mol. The zero-order valence-electron chi connectivity index (χ0n) is 9.97. The number of nitrogen functional groups attached to an aromatic ring is 1. The number of Topliss-reactive ketones (excluding diaryl/α,β-unsaturated/α-hetero) is 1. The lowest BCUT2D eigenvalue weighted by Gasteiger charge is -1.99. The van der Waals surface area contributed by atoms with Gasteiger partial charge in [0.1, 0.15) is 0 Å². The molecule has 0 saturated carbocycles. The van der Waals surface area contributed by atoms with Gasteiger partial charge in [0.25, 0.3) is 0 Å². The number of carbonyl (C=O) groups excluding carboxylic acids is 1.